The van der Waals surface area contributed by atoms with Gasteiger partial charge >= 0.3 is 0 Å². The lowest BCUT2D eigenvalue weighted by atomic mass is 10.1. The second-order valence-corrected chi connectivity index (χ2v) is 6.51. The molecule has 0 aliphatic rings. The highest BCUT2D eigenvalue weighted by atomic mass is 35.5. The van der Waals surface area contributed by atoms with Gasteiger partial charge in [0.05, 0.1) is 10.6 Å². The molecule has 3 nitrogen and oxygen atoms in total. The smallest absolute Gasteiger partial charge is 0.199 e. The Kier molecular flexibility index (Phi) is 4.26. The van der Waals surface area contributed by atoms with Gasteiger partial charge in [-0.25, -0.2) is 0 Å². The van der Waals surface area contributed by atoms with E-state index in [1.807, 2.05) is 6.92 Å². The molecule has 5 heteroatoms. The summed E-state index contributed by atoms with van der Waals surface area (Å²) < 4.78 is 28.2. The third-order valence-corrected chi connectivity index (χ3v) is 4.47. The quantitative estimate of drug-likeness (QED) is 0.809. The lowest BCUT2D eigenvalue weighted by molar-refractivity contribution is 0.598. The maximum absolute atomic E-state index is 12.2. The van der Waals surface area contributed by atoms with Gasteiger partial charge in [-0.1, -0.05) is 41.4 Å². The normalized spacial score (nSPS) is 12.4. The fourth-order valence-corrected chi connectivity index (χ4v) is 2.86. The molecule has 0 aliphatic carbocycles. The molecule has 0 fully saturated rings. The monoisotopic (exact) mass is 307 g/mol. The molecule has 20 heavy (non-hydrogen) atoms. The zero-order chi connectivity index (χ0) is 14.8. The fraction of sp³-hybridized carbons (Fsp3) is 0.133. The zero-order valence-electron chi connectivity index (χ0n) is 11.2. The summed E-state index contributed by atoms with van der Waals surface area (Å²) in [4.78, 5) is 0.191. The van der Waals surface area contributed by atoms with Crippen LogP contribution in [0.2, 0.25) is 5.02 Å². The van der Waals surface area contributed by atoms with Gasteiger partial charge in [0.15, 0.2) is 0 Å². The number of benzene rings is 2. The molecular weight excluding hydrogens is 294 g/mol. The Bertz CT molecular complexity index is 732. The van der Waals surface area contributed by atoms with Gasteiger partial charge in [-0.05, 0) is 43.7 Å². The van der Waals surface area contributed by atoms with Crippen molar-refractivity contribution in [2.45, 2.75) is 18.7 Å². The van der Waals surface area contributed by atoms with Crippen molar-refractivity contribution in [2.24, 2.45) is 4.40 Å². The van der Waals surface area contributed by atoms with Gasteiger partial charge in [-0.2, -0.15) is 12.8 Å². The first-order valence-corrected chi connectivity index (χ1v) is 7.84. The third kappa shape index (κ3) is 3.46. The van der Waals surface area contributed by atoms with Gasteiger partial charge in [0, 0.05) is 5.02 Å². The Morgan fingerprint density at radius 2 is 1.55 bits per heavy atom. The molecule has 0 saturated carbocycles. The van der Waals surface area contributed by atoms with Crippen molar-refractivity contribution in [3.63, 3.8) is 0 Å². The lowest BCUT2D eigenvalue weighted by Gasteiger charge is -2.03. The molecule has 2 rings (SSSR count). The van der Waals surface area contributed by atoms with Gasteiger partial charge in [0.25, 0.3) is 10.0 Å². The predicted octanol–water partition coefficient (Wildman–Crippen LogP) is 3.85. The predicted molar refractivity (Wildman–Crippen MR) is 82.0 cm³/mol. The van der Waals surface area contributed by atoms with Crippen LogP contribution in [0.5, 0.6) is 0 Å². The van der Waals surface area contributed by atoms with Crippen molar-refractivity contribution in [2.75, 3.05) is 0 Å². The first-order valence-electron chi connectivity index (χ1n) is 6.03. The third-order valence-electron chi connectivity index (χ3n) is 2.84. The van der Waals surface area contributed by atoms with E-state index in [4.69, 9.17) is 11.6 Å². The second-order valence-electron chi connectivity index (χ2n) is 4.47. The van der Waals surface area contributed by atoms with Crippen molar-refractivity contribution < 1.29 is 8.42 Å². The molecule has 0 saturated heterocycles. The van der Waals surface area contributed by atoms with E-state index < -0.39 is 10.0 Å². The summed E-state index contributed by atoms with van der Waals surface area (Å²) in [7, 11) is -3.68. The first-order chi connectivity index (χ1) is 9.38. The number of hydrogen-bond donors (Lipinski definition) is 0. The number of rotatable bonds is 3. The first kappa shape index (κ1) is 14.8. The molecule has 2 aromatic rings. The minimum Gasteiger partial charge on any atom is -0.199 e. The summed E-state index contributed by atoms with van der Waals surface area (Å²) in [6.07, 6.45) is 0. The van der Waals surface area contributed by atoms with Crippen molar-refractivity contribution in [3.8, 4) is 0 Å². The highest BCUT2D eigenvalue weighted by molar-refractivity contribution is 7.90. The molecule has 0 aliphatic heterocycles. The van der Waals surface area contributed by atoms with Crippen LogP contribution in [-0.2, 0) is 10.0 Å². The maximum Gasteiger partial charge on any atom is 0.282 e. The van der Waals surface area contributed by atoms with Crippen LogP contribution in [0.25, 0.3) is 0 Å². The largest absolute Gasteiger partial charge is 0.282 e. The molecule has 0 unspecified atom stereocenters. The molecule has 0 bridgehead atoms. The van der Waals surface area contributed by atoms with Crippen molar-refractivity contribution >= 4 is 27.3 Å². The topological polar surface area (TPSA) is 46.5 Å². The number of aryl methyl sites for hydroxylation is 1. The number of nitrogens with zero attached hydrogens (tertiary/aromatic N) is 1. The highest BCUT2D eigenvalue weighted by Gasteiger charge is 2.13. The molecule has 0 radical (unpaired) electrons. The lowest BCUT2D eigenvalue weighted by Crippen LogP contribution is -2.03. The van der Waals surface area contributed by atoms with Gasteiger partial charge in [0.1, 0.15) is 0 Å². The number of hydrogen-bond acceptors (Lipinski definition) is 2. The van der Waals surface area contributed by atoms with Crippen molar-refractivity contribution in [3.05, 3.63) is 64.7 Å². The summed E-state index contributed by atoms with van der Waals surface area (Å²) in [6, 6.07) is 13.5. The van der Waals surface area contributed by atoms with Crippen LogP contribution in [0.3, 0.4) is 0 Å². The molecule has 2 aromatic carbocycles. The summed E-state index contributed by atoms with van der Waals surface area (Å²) >= 11 is 5.80. The SMILES string of the molecule is C/C(=N/S(=O)(=O)c1ccc(C)cc1)c1ccc(Cl)cc1. The van der Waals surface area contributed by atoms with Crippen molar-refractivity contribution in [1.29, 1.82) is 0 Å². The highest BCUT2D eigenvalue weighted by Crippen LogP contribution is 2.16. The van der Waals surface area contributed by atoms with Crippen LogP contribution in [0.1, 0.15) is 18.1 Å². The molecule has 0 atom stereocenters. The average Bonchev–Trinajstić information content (AvgIpc) is 2.39. The van der Waals surface area contributed by atoms with Gasteiger partial charge < -0.3 is 0 Å². The van der Waals surface area contributed by atoms with E-state index >= 15 is 0 Å². The minimum absolute atomic E-state index is 0.191. The molecule has 0 amide bonds. The van der Waals surface area contributed by atoms with E-state index in [-0.39, 0.29) is 4.90 Å². The van der Waals surface area contributed by atoms with Crippen LogP contribution in [0.4, 0.5) is 0 Å². The molecular formula is C15H14ClNO2S. The fourth-order valence-electron chi connectivity index (χ4n) is 1.69. The average molecular weight is 308 g/mol. The van der Waals surface area contributed by atoms with E-state index in [9.17, 15) is 8.42 Å². The Morgan fingerprint density at radius 3 is 2.10 bits per heavy atom. The van der Waals surface area contributed by atoms with Gasteiger partial charge in [-0.15, -0.1) is 0 Å². The Morgan fingerprint density at radius 1 is 1.00 bits per heavy atom. The van der Waals surface area contributed by atoms with Crippen molar-refractivity contribution in [1.82, 2.24) is 0 Å². The van der Waals surface area contributed by atoms with Gasteiger partial charge in [-0.3, -0.25) is 0 Å². The van der Waals surface area contributed by atoms with Gasteiger partial charge in [0.2, 0.25) is 0 Å². The molecule has 0 N–H and O–H groups in total. The zero-order valence-corrected chi connectivity index (χ0v) is 12.7. The van der Waals surface area contributed by atoms with E-state index in [1.54, 1.807) is 55.5 Å². The van der Waals surface area contributed by atoms with E-state index in [0.717, 1.165) is 11.1 Å². The van der Waals surface area contributed by atoms with Crippen LogP contribution >= 0.6 is 11.6 Å². The Hall–Kier alpha value is -1.65. The number of halogens is 1. The number of sulfonamides is 1. The van der Waals surface area contributed by atoms with Crippen LogP contribution in [0, 0.1) is 6.92 Å². The molecule has 0 aromatic heterocycles. The molecule has 0 heterocycles. The minimum atomic E-state index is -3.68. The second kappa shape index (κ2) is 5.77. The summed E-state index contributed by atoms with van der Waals surface area (Å²) in [6.45, 7) is 3.56. The van der Waals surface area contributed by atoms with Crippen LogP contribution in [0.15, 0.2) is 57.8 Å². The van der Waals surface area contributed by atoms with Crippen LogP contribution < -0.4 is 0 Å². The summed E-state index contributed by atoms with van der Waals surface area (Å²) in [5.41, 5.74) is 2.16. The van der Waals surface area contributed by atoms with Crippen LogP contribution in [-0.4, -0.2) is 14.1 Å². The maximum atomic E-state index is 12.2. The van der Waals surface area contributed by atoms with E-state index in [2.05, 4.69) is 4.40 Å². The summed E-state index contributed by atoms with van der Waals surface area (Å²) in [5.74, 6) is 0. The Balaban J connectivity index is 2.37. The standard InChI is InChI=1S/C15H14ClNO2S/c1-11-3-9-15(10-4-11)20(18,19)17-12(2)13-5-7-14(16)8-6-13/h3-10H,1-2H3/b17-12-. The molecule has 0 spiro atoms. The Labute approximate surface area is 124 Å². The van der Waals surface area contributed by atoms with E-state index in [1.165, 1.54) is 0 Å². The van der Waals surface area contributed by atoms with E-state index in [0.29, 0.717) is 10.7 Å². The summed E-state index contributed by atoms with van der Waals surface area (Å²) in [5, 5.41) is 0.600. The molecule has 104 valence electrons.